The topological polar surface area (TPSA) is 103 Å². The second-order valence-corrected chi connectivity index (χ2v) is 9.29. The number of nitrogens with one attached hydrogen (secondary N) is 2. The number of aliphatic hydroxyl groups is 1. The highest BCUT2D eigenvalue weighted by molar-refractivity contribution is 7.98. The molecule has 158 valence electrons. The second-order valence-electron chi connectivity index (χ2n) is 7.38. The Morgan fingerprint density at radius 2 is 2.03 bits per heavy atom. The van der Waals surface area contributed by atoms with Crippen LogP contribution in [0.5, 0.6) is 0 Å². The van der Waals surface area contributed by atoms with Gasteiger partial charge in [-0.15, -0.1) is 11.8 Å². The summed E-state index contributed by atoms with van der Waals surface area (Å²) in [7, 11) is 0. The van der Waals surface area contributed by atoms with Crippen LogP contribution in [0.1, 0.15) is 17.3 Å². The molecule has 30 heavy (non-hydrogen) atoms. The zero-order valence-electron chi connectivity index (χ0n) is 16.8. The summed E-state index contributed by atoms with van der Waals surface area (Å²) in [5, 5.41) is 16.9. The van der Waals surface area contributed by atoms with Gasteiger partial charge in [0.25, 0.3) is 5.91 Å². The minimum atomic E-state index is -0.394. The average Bonchev–Trinajstić information content (AvgIpc) is 3.16. The Balaban J connectivity index is 1.30. The largest absolute Gasteiger partial charge is 0.389 e. The average molecular weight is 445 g/mol. The Bertz CT molecular complexity index is 1020. The number of carbonyl (C=O) groups excluding carboxylic acids is 1. The fourth-order valence-electron chi connectivity index (χ4n) is 3.05. The maximum absolute atomic E-state index is 12.4. The number of β-amino-alcohol motifs (C(OH)–C–C–N with tert-alkyl or cyclic N) is 1. The summed E-state index contributed by atoms with van der Waals surface area (Å²) >= 11 is 3.15. The van der Waals surface area contributed by atoms with Gasteiger partial charge in [-0.2, -0.15) is 0 Å². The molecular formula is C20H24N6O2S2. The molecule has 3 aromatic rings. The molecule has 1 saturated heterocycles. The number of hydrogen-bond acceptors (Lipinski definition) is 9. The highest BCUT2D eigenvalue weighted by Crippen LogP contribution is 2.28. The van der Waals surface area contributed by atoms with E-state index < -0.39 is 6.10 Å². The quantitative estimate of drug-likeness (QED) is 0.456. The maximum atomic E-state index is 12.4. The third kappa shape index (κ3) is 4.82. The molecule has 3 heterocycles. The van der Waals surface area contributed by atoms with E-state index in [4.69, 9.17) is 0 Å². The molecule has 1 fully saturated rings. The molecular weight excluding hydrogens is 420 g/mol. The van der Waals surface area contributed by atoms with E-state index in [-0.39, 0.29) is 5.91 Å². The van der Waals surface area contributed by atoms with Crippen LogP contribution in [0.2, 0.25) is 0 Å². The van der Waals surface area contributed by atoms with Gasteiger partial charge in [-0.1, -0.05) is 18.3 Å². The van der Waals surface area contributed by atoms with E-state index in [2.05, 4.69) is 32.5 Å². The number of benzene rings is 1. The molecule has 4 rings (SSSR count). The van der Waals surface area contributed by atoms with Crippen molar-refractivity contribution in [2.24, 2.45) is 5.92 Å². The van der Waals surface area contributed by atoms with Gasteiger partial charge < -0.3 is 20.6 Å². The van der Waals surface area contributed by atoms with Gasteiger partial charge in [0.05, 0.1) is 16.3 Å². The molecule has 10 heteroatoms. The number of nitrogens with zero attached hydrogens (tertiary/aromatic N) is 4. The molecule has 0 aliphatic carbocycles. The lowest BCUT2D eigenvalue weighted by Crippen LogP contribution is -2.53. The Morgan fingerprint density at radius 1 is 1.30 bits per heavy atom. The number of anilines is 2. The number of aromatic nitrogens is 3. The van der Waals surface area contributed by atoms with E-state index in [0.29, 0.717) is 30.5 Å². The lowest BCUT2D eigenvalue weighted by atomic mass is 10.1. The number of aliphatic hydroxyl groups excluding tert-OH is 1. The van der Waals surface area contributed by atoms with Gasteiger partial charge in [-0.25, -0.2) is 15.0 Å². The summed E-state index contributed by atoms with van der Waals surface area (Å²) < 4.78 is 0.970. The number of thioether (sulfide) groups is 1. The zero-order valence-corrected chi connectivity index (χ0v) is 18.5. The number of carbonyl (C=O) groups is 1. The Labute approximate surface area is 183 Å². The van der Waals surface area contributed by atoms with Crippen molar-refractivity contribution >= 4 is 50.3 Å². The van der Waals surface area contributed by atoms with Crippen molar-refractivity contribution in [3.63, 3.8) is 0 Å². The molecule has 0 radical (unpaired) electrons. The minimum Gasteiger partial charge on any atom is -0.389 e. The molecule has 8 nitrogen and oxygen atoms in total. The van der Waals surface area contributed by atoms with Gasteiger partial charge in [0, 0.05) is 49.0 Å². The van der Waals surface area contributed by atoms with Crippen molar-refractivity contribution in [2.75, 3.05) is 43.1 Å². The first-order valence-electron chi connectivity index (χ1n) is 9.73. The summed E-state index contributed by atoms with van der Waals surface area (Å²) in [4.78, 5) is 28.3. The normalized spacial score (nSPS) is 15.1. The molecule has 2 aromatic heterocycles. The number of thiazole rings is 1. The van der Waals surface area contributed by atoms with Crippen molar-refractivity contribution in [3.05, 3.63) is 36.2 Å². The van der Waals surface area contributed by atoms with Crippen LogP contribution in [0.15, 0.2) is 35.5 Å². The van der Waals surface area contributed by atoms with E-state index in [1.807, 2.05) is 30.8 Å². The van der Waals surface area contributed by atoms with E-state index in [1.54, 1.807) is 22.7 Å². The number of hydrogen-bond donors (Lipinski definition) is 3. The Morgan fingerprint density at radius 3 is 2.73 bits per heavy atom. The van der Waals surface area contributed by atoms with E-state index in [1.165, 1.54) is 11.3 Å². The third-order valence-electron chi connectivity index (χ3n) is 4.86. The van der Waals surface area contributed by atoms with Gasteiger partial charge in [-0.3, -0.25) is 4.79 Å². The predicted octanol–water partition coefficient (Wildman–Crippen LogP) is 2.79. The third-order valence-corrected chi connectivity index (χ3v) is 6.52. The fourth-order valence-corrected chi connectivity index (χ4v) is 4.28. The van der Waals surface area contributed by atoms with Crippen molar-refractivity contribution in [2.45, 2.75) is 17.9 Å². The number of rotatable bonds is 8. The SMILES string of the molecule is CSc1cnc(NC[C@H](C)CNc2nc3ccc(C(=O)N4CC(O)C4)cc3s2)nc1. The first-order valence-corrected chi connectivity index (χ1v) is 11.8. The summed E-state index contributed by atoms with van der Waals surface area (Å²) in [5.74, 6) is 0.931. The highest BCUT2D eigenvalue weighted by Gasteiger charge is 2.29. The van der Waals surface area contributed by atoms with Crippen LogP contribution in [0.4, 0.5) is 11.1 Å². The zero-order chi connectivity index (χ0) is 21.1. The van der Waals surface area contributed by atoms with Crippen LogP contribution in [0.3, 0.4) is 0 Å². The number of fused-ring (bicyclic) bond motifs is 1. The molecule has 1 amide bonds. The molecule has 3 N–H and O–H groups in total. The van der Waals surface area contributed by atoms with E-state index >= 15 is 0 Å². The van der Waals surface area contributed by atoms with Crippen molar-refractivity contribution in [1.82, 2.24) is 19.9 Å². The Kier molecular flexibility index (Phi) is 6.35. The van der Waals surface area contributed by atoms with Crippen molar-refractivity contribution in [1.29, 1.82) is 0 Å². The molecule has 0 unspecified atom stereocenters. The van der Waals surface area contributed by atoms with E-state index in [0.717, 1.165) is 33.3 Å². The first-order chi connectivity index (χ1) is 14.5. The fraction of sp³-hybridized carbons (Fsp3) is 0.400. The Hall–Kier alpha value is -2.43. The summed E-state index contributed by atoms with van der Waals surface area (Å²) in [6.07, 6.45) is 5.23. The van der Waals surface area contributed by atoms with Crippen LogP contribution in [-0.2, 0) is 0 Å². The molecule has 1 aliphatic rings. The molecule has 1 aromatic carbocycles. The molecule has 1 atom stereocenters. The maximum Gasteiger partial charge on any atom is 0.254 e. The lowest BCUT2D eigenvalue weighted by molar-refractivity contribution is 0.00591. The second kappa shape index (κ2) is 9.15. The smallest absolute Gasteiger partial charge is 0.254 e. The first kappa shape index (κ1) is 20.8. The van der Waals surface area contributed by atoms with Gasteiger partial charge >= 0.3 is 0 Å². The van der Waals surface area contributed by atoms with Gasteiger partial charge in [0.15, 0.2) is 5.13 Å². The molecule has 0 bridgehead atoms. The van der Waals surface area contributed by atoms with Crippen LogP contribution in [-0.4, -0.2) is 69.4 Å². The lowest BCUT2D eigenvalue weighted by Gasteiger charge is -2.35. The number of amides is 1. The van der Waals surface area contributed by atoms with Gasteiger partial charge in [0.2, 0.25) is 5.95 Å². The van der Waals surface area contributed by atoms with Crippen LogP contribution in [0, 0.1) is 5.92 Å². The molecule has 0 spiro atoms. The predicted molar refractivity (Wildman–Crippen MR) is 121 cm³/mol. The monoisotopic (exact) mass is 444 g/mol. The van der Waals surface area contributed by atoms with Crippen LogP contribution >= 0.6 is 23.1 Å². The molecule has 0 saturated carbocycles. The van der Waals surface area contributed by atoms with E-state index in [9.17, 15) is 9.90 Å². The summed E-state index contributed by atoms with van der Waals surface area (Å²) in [6.45, 7) is 4.46. The summed E-state index contributed by atoms with van der Waals surface area (Å²) in [6, 6.07) is 5.56. The van der Waals surface area contributed by atoms with Crippen LogP contribution in [0.25, 0.3) is 10.2 Å². The van der Waals surface area contributed by atoms with Crippen molar-refractivity contribution in [3.8, 4) is 0 Å². The number of likely N-dealkylation sites (tertiary alicyclic amines) is 1. The summed E-state index contributed by atoms with van der Waals surface area (Å²) in [5.41, 5.74) is 1.51. The van der Waals surface area contributed by atoms with Crippen molar-refractivity contribution < 1.29 is 9.90 Å². The standard InChI is InChI=1S/C20H24N6O2S2/c1-12(6-21-19-22-8-15(29-2)9-23-19)7-24-20-25-16-4-3-13(5-17(16)30-20)18(28)26-10-14(27)11-26/h3-5,8-9,12,14,27H,6-7,10-11H2,1-2H3,(H,24,25)(H,21,22,23)/t12-/m0/s1. The highest BCUT2D eigenvalue weighted by atomic mass is 32.2. The van der Waals surface area contributed by atoms with Gasteiger partial charge in [0.1, 0.15) is 0 Å². The molecule has 1 aliphatic heterocycles. The minimum absolute atomic E-state index is 0.0439. The van der Waals surface area contributed by atoms with Crippen LogP contribution < -0.4 is 10.6 Å². The van der Waals surface area contributed by atoms with Gasteiger partial charge in [-0.05, 0) is 30.4 Å².